The molecule has 1 spiro atoms. The van der Waals surface area contributed by atoms with E-state index < -0.39 is 17.7 Å². The molecular formula is C27H42N4O4. The zero-order chi connectivity index (χ0) is 25.1. The third-order valence-electron chi connectivity index (χ3n) is 7.17. The fourth-order valence-corrected chi connectivity index (χ4v) is 5.08. The molecule has 3 amide bonds. The fourth-order valence-electron chi connectivity index (χ4n) is 5.08. The number of piperazine rings is 1. The number of benzene rings is 1. The molecule has 0 unspecified atom stereocenters. The van der Waals surface area contributed by atoms with Gasteiger partial charge < -0.3 is 25.2 Å². The van der Waals surface area contributed by atoms with E-state index >= 15 is 0 Å². The van der Waals surface area contributed by atoms with Crippen LogP contribution in [0.3, 0.4) is 0 Å². The topological polar surface area (TPSA) is 91.0 Å². The van der Waals surface area contributed by atoms with Crippen LogP contribution in [0.2, 0.25) is 0 Å². The molecule has 0 aromatic heterocycles. The molecule has 1 aromatic carbocycles. The molecule has 0 bridgehead atoms. The summed E-state index contributed by atoms with van der Waals surface area (Å²) in [5, 5.41) is 5.81. The SMILES string of the molecule is CCCCN1CCC2(CC1)C(=O)N[C@@H](CCCCNC(=O)OCc1ccccc1)C(=O)N2CCC. The Morgan fingerprint density at radius 1 is 1.06 bits per heavy atom. The second-order valence-electron chi connectivity index (χ2n) is 9.73. The summed E-state index contributed by atoms with van der Waals surface area (Å²) in [4.78, 5) is 42.9. The van der Waals surface area contributed by atoms with Crippen molar-refractivity contribution >= 4 is 17.9 Å². The third kappa shape index (κ3) is 7.19. The Labute approximate surface area is 209 Å². The van der Waals surface area contributed by atoms with E-state index in [0.717, 1.165) is 44.5 Å². The van der Waals surface area contributed by atoms with Gasteiger partial charge in [-0.15, -0.1) is 0 Å². The number of carbonyl (C=O) groups is 3. The zero-order valence-corrected chi connectivity index (χ0v) is 21.4. The molecule has 8 heteroatoms. The summed E-state index contributed by atoms with van der Waals surface area (Å²) in [7, 11) is 0. The van der Waals surface area contributed by atoms with Crippen LogP contribution in [0, 0.1) is 0 Å². The minimum absolute atomic E-state index is 0.00769. The maximum Gasteiger partial charge on any atom is 0.407 e. The molecule has 2 aliphatic heterocycles. The molecule has 3 rings (SSSR count). The van der Waals surface area contributed by atoms with E-state index in [-0.39, 0.29) is 18.4 Å². The molecule has 1 aromatic rings. The summed E-state index contributed by atoms with van der Waals surface area (Å²) in [6, 6.07) is 9.06. The molecule has 2 aliphatic rings. The first-order chi connectivity index (χ1) is 17.0. The van der Waals surface area contributed by atoms with Crippen molar-refractivity contribution in [2.24, 2.45) is 0 Å². The van der Waals surface area contributed by atoms with Crippen LogP contribution in [0.4, 0.5) is 4.79 Å². The van der Waals surface area contributed by atoms with Gasteiger partial charge in [0, 0.05) is 26.2 Å². The predicted molar refractivity (Wildman–Crippen MR) is 136 cm³/mol. The highest BCUT2D eigenvalue weighted by molar-refractivity contribution is 6.00. The monoisotopic (exact) mass is 486 g/mol. The molecule has 2 fully saturated rings. The quantitative estimate of drug-likeness (QED) is 0.442. The summed E-state index contributed by atoms with van der Waals surface area (Å²) < 4.78 is 5.22. The lowest BCUT2D eigenvalue weighted by Crippen LogP contribution is -2.72. The van der Waals surface area contributed by atoms with E-state index in [1.165, 1.54) is 6.42 Å². The van der Waals surface area contributed by atoms with Gasteiger partial charge in [0.25, 0.3) is 0 Å². The Kier molecular flexibility index (Phi) is 10.4. The van der Waals surface area contributed by atoms with Gasteiger partial charge in [0.1, 0.15) is 18.2 Å². The van der Waals surface area contributed by atoms with Crippen molar-refractivity contribution < 1.29 is 19.1 Å². The molecular weight excluding hydrogens is 444 g/mol. The zero-order valence-electron chi connectivity index (χ0n) is 21.4. The van der Waals surface area contributed by atoms with Gasteiger partial charge in [0.05, 0.1) is 0 Å². The molecule has 1 atom stereocenters. The number of nitrogens with one attached hydrogen (secondary N) is 2. The van der Waals surface area contributed by atoms with Gasteiger partial charge in [-0.1, -0.05) is 50.6 Å². The van der Waals surface area contributed by atoms with Crippen molar-refractivity contribution in [1.29, 1.82) is 0 Å². The molecule has 0 radical (unpaired) electrons. The largest absolute Gasteiger partial charge is 0.445 e. The average molecular weight is 487 g/mol. The number of rotatable bonds is 12. The Balaban J connectivity index is 1.43. The van der Waals surface area contributed by atoms with Crippen molar-refractivity contribution in [1.82, 2.24) is 20.4 Å². The lowest BCUT2D eigenvalue weighted by molar-refractivity contribution is -0.161. The van der Waals surface area contributed by atoms with Crippen LogP contribution < -0.4 is 10.6 Å². The molecule has 0 aliphatic carbocycles. The number of piperidine rings is 1. The van der Waals surface area contributed by atoms with Gasteiger partial charge in [-0.2, -0.15) is 0 Å². The van der Waals surface area contributed by atoms with E-state index in [0.29, 0.717) is 38.8 Å². The van der Waals surface area contributed by atoms with E-state index in [1.807, 2.05) is 35.2 Å². The first-order valence-electron chi connectivity index (χ1n) is 13.3. The third-order valence-corrected chi connectivity index (χ3v) is 7.17. The predicted octanol–water partition coefficient (Wildman–Crippen LogP) is 3.45. The summed E-state index contributed by atoms with van der Waals surface area (Å²) in [6.07, 6.45) is 6.14. The number of alkyl carbamates (subject to hydrolysis) is 1. The molecule has 2 N–H and O–H groups in total. The lowest BCUT2D eigenvalue weighted by atomic mass is 9.81. The Morgan fingerprint density at radius 3 is 2.49 bits per heavy atom. The van der Waals surface area contributed by atoms with Crippen molar-refractivity contribution in [3.05, 3.63) is 35.9 Å². The minimum Gasteiger partial charge on any atom is -0.445 e. The number of amides is 3. The molecule has 2 saturated heterocycles. The fraction of sp³-hybridized carbons (Fsp3) is 0.667. The first-order valence-corrected chi connectivity index (χ1v) is 13.3. The van der Waals surface area contributed by atoms with E-state index in [4.69, 9.17) is 4.74 Å². The van der Waals surface area contributed by atoms with E-state index in [9.17, 15) is 14.4 Å². The van der Waals surface area contributed by atoms with Crippen LogP contribution in [0.25, 0.3) is 0 Å². The van der Waals surface area contributed by atoms with Gasteiger partial charge in [-0.3, -0.25) is 9.59 Å². The lowest BCUT2D eigenvalue weighted by Gasteiger charge is -2.51. The second kappa shape index (κ2) is 13.5. The first kappa shape index (κ1) is 27.0. The molecule has 0 saturated carbocycles. The molecule has 35 heavy (non-hydrogen) atoms. The summed E-state index contributed by atoms with van der Waals surface area (Å²) in [6.45, 7) is 8.35. The molecule has 8 nitrogen and oxygen atoms in total. The minimum atomic E-state index is -0.698. The number of ether oxygens (including phenoxy) is 1. The standard InChI is InChI=1S/C27H42N4O4/c1-3-5-18-30-19-14-27(15-20-30)25(33)29-23(24(32)31(27)17-4-2)13-9-10-16-28-26(34)35-21-22-11-7-6-8-12-22/h6-8,11-12,23H,3-5,9-10,13-21H2,1-2H3,(H,28,34)(H,29,33)/t23-/m0/s1. The number of unbranched alkanes of at least 4 members (excludes halogenated alkanes) is 2. The summed E-state index contributed by atoms with van der Waals surface area (Å²) in [5.41, 5.74) is 0.242. The number of hydrogen-bond donors (Lipinski definition) is 2. The van der Waals surface area contributed by atoms with Crippen molar-refractivity contribution in [2.75, 3.05) is 32.7 Å². The van der Waals surface area contributed by atoms with Gasteiger partial charge in [-0.05, 0) is 57.1 Å². The molecule has 194 valence electrons. The average Bonchev–Trinajstić information content (AvgIpc) is 2.88. The molecule has 2 heterocycles. The highest BCUT2D eigenvalue weighted by Crippen LogP contribution is 2.34. The van der Waals surface area contributed by atoms with E-state index in [2.05, 4.69) is 29.4 Å². The van der Waals surface area contributed by atoms with Gasteiger partial charge >= 0.3 is 6.09 Å². The summed E-state index contributed by atoms with van der Waals surface area (Å²) >= 11 is 0. The number of nitrogens with zero attached hydrogens (tertiary/aromatic N) is 2. The highest BCUT2D eigenvalue weighted by Gasteiger charge is 2.52. The second-order valence-corrected chi connectivity index (χ2v) is 9.73. The summed E-state index contributed by atoms with van der Waals surface area (Å²) in [5.74, 6) is 0.0528. The van der Waals surface area contributed by atoms with Gasteiger partial charge in [0.15, 0.2) is 0 Å². The van der Waals surface area contributed by atoms with Crippen molar-refractivity contribution in [2.45, 2.75) is 83.4 Å². The normalized spacial score (nSPS) is 20.1. The van der Waals surface area contributed by atoms with Crippen LogP contribution in [-0.2, 0) is 20.9 Å². The van der Waals surface area contributed by atoms with Crippen LogP contribution in [0.1, 0.15) is 70.8 Å². The van der Waals surface area contributed by atoms with E-state index in [1.54, 1.807) is 0 Å². The Bertz CT molecular complexity index is 824. The number of likely N-dealkylation sites (tertiary alicyclic amines) is 1. The number of hydrogen-bond acceptors (Lipinski definition) is 5. The maximum absolute atomic E-state index is 13.4. The van der Waals surface area contributed by atoms with Crippen LogP contribution in [0.15, 0.2) is 30.3 Å². The number of carbonyl (C=O) groups excluding carboxylic acids is 3. The highest BCUT2D eigenvalue weighted by atomic mass is 16.5. The van der Waals surface area contributed by atoms with Crippen LogP contribution >= 0.6 is 0 Å². The van der Waals surface area contributed by atoms with Crippen LogP contribution in [0.5, 0.6) is 0 Å². The van der Waals surface area contributed by atoms with Gasteiger partial charge in [0.2, 0.25) is 11.8 Å². The van der Waals surface area contributed by atoms with Crippen molar-refractivity contribution in [3.63, 3.8) is 0 Å². The van der Waals surface area contributed by atoms with Gasteiger partial charge in [-0.25, -0.2) is 4.79 Å². The maximum atomic E-state index is 13.4. The Hall–Kier alpha value is -2.61. The smallest absolute Gasteiger partial charge is 0.407 e. The Morgan fingerprint density at radius 2 is 1.80 bits per heavy atom. The van der Waals surface area contributed by atoms with Crippen LogP contribution in [-0.4, -0.2) is 72.0 Å². The van der Waals surface area contributed by atoms with Crippen molar-refractivity contribution in [3.8, 4) is 0 Å².